The minimum absolute atomic E-state index is 0.111. The van der Waals surface area contributed by atoms with Crippen LogP contribution in [0.4, 0.5) is 0 Å². The number of carbonyl (C=O) groups excluding carboxylic acids is 1. The van der Waals surface area contributed by atoms with Crippen LogP contribution in [0, 0.1) is 13.8 Å². The number of nitrogens with zero attached hydrogens (tertiary/aromatic N) is 1. The zero-order chi connectivity index (χ0) is 14.8. The van der Waals surface area contributed by atoms with Crippen LogP contribution in [0.3, 0.4) is 0 Å². The molecule has 0 spiro atoms. The van der Waals surface area contributed by atoms with E-state index >= 15 is 0 Å². The minimum atomic E-state index is -0.505. The molecular weight excluding hydrogens is 238 g/mol. The van der Waals surface area contributed by atoms with Gasteiger partial charge in [-0.2, -0.15) is 0 Å². The van der Waals surface area contributed by atoms with E-state index in [2.05, 4.69) is 0 Å². The van der Waals surface area contributed by atoms with Gasteiger partial charge in [0.1, 0.15) is 5.75 Å². The Kier molecular flexibility index (Phi) is 4.75. The molecule has 1 atom stereocenters. The van der Waals surface area contributed by atoms with Gasteiger partial charge >= 0.3 is 0 Å². The molecule has 0 aliphatic carbocycles. The smallest absolute Gasteiger partial charge is 0.186 e. The Morgan fingerprint density at radius 3 is 2.32 bits per heavy atom. The molecule has 0 radical (unpaired) electrons. The topological polar surface area (TPSA) is 29.5 Å². The summed E-state index contributed by atoms with van der Waals surface area (Å²) < 4.78 is 5.46. The van der Waals surface area contributed by atoms with Crippen LogP contribution < -0.4 is 4.74 Å². The molecule has 1 aromatic rings. The van der Waals surface area contributed by atoms with E-state index in [1.807, 2.05) is 58.8 Å². The maximum Gasteiger partial charge on any atom is 0.186 e. The molecule has 3 heteroatoms. The maximum atomic E-state index is 12.9. The van der Waals surface area contributed by atoms with Gasteiger partial charge in [0.05, 0.1) is 18.2 Å². The second kappa shape index (κ2) is 5.74. The first-order valence-electron chi connectivity index (χ1n) is 6.66. The van der Waals surface area contributed by atoms with Gasteiger partial charge in [-0.05, 0) is 58.5 Å². The predicted molar refractivity (Wildman–Crippen MR) is 79.2 cm³/mol. The molecule has 0 fully saturated rings. The van der Waals surface area contributed by atoms with Gasteiger partial charge in [0, 0.05) is 0 Å². The van der Waals surface area contributed by atoms with Crippen molar-refractivity contribution in [2.24, 2.45) is 0 Å². The van der Waals surface area contributed by atoms with Crippen molar-refractivity contribution in [3.05, 3.63) is 28.8 Å². The number of Topliss-reactive ketones (excluding diaryl/α,β-unsaturated/α-hetero) is 1. The standard InChI is InChI=1S/C16H25NO2/c1-8-16(4,17(5)6)15(18)13-10-9-11(2)12(3)14(13)19-7/h9-10H,8H2,1-7H3. The van der Waals surface area contributed by atoms with E-state index in [9.17, 15) is 4.79 Å². The Hall–Kier alpha value is -1.35. The molecule has 0 bridgehead atoms. The molecule has 0 aromatic heterocycles. The van der Waals surface area contributed by atoms with Crippen molar-refractivity contribution in [3.8, 4) is 5.75 Å². The number of hydrogen-bond donors (Lipinski definition) is 0. The fourth-order valence-corrected chi connectivity index (χ4v) is 2.20. The highest BCUT2D eigenvalue weighted by Gasteiger charge is 2.36. The van der Waals surface area contributed by atoms with Crippen molar-refractivity contribution in [3.63, 3.8) is 0 Å². The van der Waals surface area contributed by atoms with E-state index in [1.54, 1.807) is 7.11 Å². The van der Waals surface area contributed by atoms with E-state index in [4.69, 9.17) is 4.74 Å². The van der Waals surface area contributed by atoms with Crippen molar-refractivity contribution in [1.29, 1.82) is 0 Å². The molecule has 106 valence electrons. The van der Waals surface area contributed by atoms with Crippen molar-refractivity contribution >= 4 is 5.78 Å². The number of hydrogen-bond acceptors (Lipinski definition) is 3. The van der Waals surface area contributed by atoms with Gasteiger partial charge in [-0.15, -0.1) is 0 Å². The normalized spacial score (nSPS) is 14.3. The summed E-state index contributed by atoms with van der Waals surface area (Å²) in [5, 5.41) is 0. The van der Waals surface area contributed by atoms with Crippen LogP contribution in [0.25, 0.3) is 0 Å². The fraction of sp³-hybridized carbons (Fsp3) is 0.562. The highest BCUT2D eigenvalue weighted by Crippen LogP contribution is 2.31. The van der Waals surface area contributed by atoms with Gasteiger partial charge < -0.3 is 4.74 Å². The summed E-state index contributed by atoms with van der Waals surface area (Å²) in [5.74, 6) is 0.812. The minimum Gasteiger partial charge on any atom is -0.496 e. The van der Waals surface area contributed by atoms with Crippen molar-refractivity contribution in [2.75, 3.05) is 21.2 Å². The Labute approximate surface area is 116 Å². The zero-order valence-corrected chi connectivity index (χ0v) is 13.1. The number of ketones is 1. The zero-order valence-electron chi connectivity index (χ0n) is 13.1. The molecule has 0 saturated heterocycles. The molecule has 19 heavy (non-hydrogen) atoms. The van der Waals surface area contributed by atoms with Gasteiger partial charge in [0.15, 0.2) is 5.78 Å². The number of carbonyl (C=O) groups is 1. The average molecular weight is 263 g/mol. The van der Waals surface area contributed by atoms with Crippen LogP contribution in [0.5, 0.6) is 5.75 Å². The van der Waals surface area contributed by atoms with Crippen molar-refractivity contribution < 1.29 is 9.53 Å². The molecule has 1 aromatic carbocycles. The van der Waals surface area contributed by atoms with Gasteiger partial charge in [-0.25, -0.2) is 0 Å². The Morgan fingerprint density at radius 1 is 1.32 bits per heavy atom. The monoisotopic (exact) mass is 263 g/mol. The van der Waals surface area contributed by atoms with Crippen LogP contribution >= 0.6 is 0 Å². The maximum absolute atomic E-state index is 12.9. The average Bonchev–Trinajstić information content (AvgIpc) is 2.39. The first kappa shape index (κ1) is 15.7. The third kappa shape index (κ3) is 2.66. The predicted octanol–water partition coefficient (Wildman–Crippen LogP) is 3.23. The van der Waals surface area contributed by atoms with Gasteiger partial charge in [0.25, 0.3) is 0 Å². The second-order valence-electron chi connectivity index (χ2n) is 5.44. The molecule has 1 rings (SSSR count). The Bertz CT molecular complexity index is 480. The van der Waals surface area contributed by atoms with Crippen LogP contribution in [-0.4, -0.2) is 37.4 Å². The molecular formula is C16H25NO2. The van der Waals surface area contributed by atoms with Crippen LogP contribution in [0.15, 0.2) is 12.1 Å². The van der Waals surface area contributed by atoms with Crippen molar-refractivity contribution in [2.45, 2.75) is 39.7 Å². The highest BCUT2D eigenvalue weighted by atomic mass is 16.5. The molecule has 0 aliphatic heterocycles. The fourth-order valence-electron chi connectivity index (χ4n) is 2.20. The number of likely N-dealkylation sites (N-methyl/N-ethyl adjacent to an activating group) is 1. The van der Waals surface area contributed by atoms with Gasteiger partial charge in [-0.1, -0.05) is 13.0 Å². The van der Waals surface area contributed by atoms with E-state index in [0.717, 1.165) is 17.5 Å². The summed E-state index contributed by atoms with van der Waals surface area (Å²) in [6.45, 7) is 8.02. The number of aryl methyl sites for hydroxylation is 1. The molecule has 1 unspecified atom stereocenters. The molecule has 0 heterocycles. The largest absolute Gasteiger partial charge is 0.496 e. The van der Waals surface area contributed by atoms with E-state index < -0.39 is 5.54 Å². The SMILES string of the molecule is CCC(C)(C(=O)c1ccc(C)c(C)c1OC)N(C)C. The quantitative estimate of drug-likeness (QED) is 0.764. The first-order valence-corrected chi connectivity index (χ1v) is 6.66. The highest BCUT2D eigenvalue weighted by molar-refractivity contribution is 6.05. The van der Waals surface area contributed by atoms with E-state index in [0.29, 0.717) is 11.3 Å². The summed E-state index contributed by atoms with van der Waals surface area (Å²) in [5.41, 5.74) is 2.33. The lowest BCUT2D eigenvalue weighted by Crippen LogP contribution is -2.48. The first-order chi connectivity index (χ1) is 8.79. The van der Waals surface area contributed by atoms with Crippen LogP contribution in [0.2, 0.25) is 0 Å². The Morgan fingerprint density at radius 2 is 1.89 bits per heavy atom. The second-order valence-corrected chi connectivity index (χ2v) is 5.44. The number of rotatable bonds is 5. The van der Waals surface area contributed by atoms with Crippen LogP contribution in [-0.2, 0) is 0 Å². The summed E-state index contributed by atoms with van der Waals surface area (Å²) in [4.78, 5) is 14.8. The van der Waals surface area contributed by atoms with E-state index in [1.165, 1.54) is 0 Å². The molecule has 0 aliphatic rings. The summed E-state index contributed by atoms with van der Waals surface area (Å²) >= 11 is 0. The number of benzene rings is 1. The Balaban J connectivity index is 3.38. The lowest BCUT2D eigenvalue weighted by atomic mass is 9.86. The molecule has 0 saturated carbocycles. The van der Waals surface area contributed by atoms with Crippen LogP contribution in [0.1, 0.15) is 41.8 Å². The third-order valence-electron chi connectivity index (χ3n) is 4.29. The number of ether oxygens (including phenoxy) is 1. The lowest BCUT2D eigenvalue weighted by molar-refractivity contribution is 0.0707. The third-order valence-corrected chi connectivity index (χ3v) is 4.29. The summed E-state index contributed by atoms with van der Waals surface area (Å²) in [7, 11) is 5.50. The molecule has 0 N–H and O–H groups in total. The van der Waals surface area contributed by atoms with Crippen molar-refractivity contribution in [1.82, 2.24) is 4.90 Å². The number of methoxy groups -OCH3 is 1. The summed E-state index contributed by atoms with van der Waals surface area (Å²) in [6.07, 6.45) is 0.759. The van der Waals surface area contributed by atoms with Gasteiger partial charge in [0.2, 0.25) is 0 Å². The lowest BCUT2D eigenvalue weighted by Gasteiger charge is -2.34. The molecule has 0 amide bonds. The molecule has 3 nitrogen and oxygen atoms in total. The van der Waals surface area contributed by atoms with Gasteiger partial charge in [-0.3, -0.25) is 9.69 Å². The summed E-state index contributed by atoms with van der Waals surface area (Å²) in [6, 6.07) is 3.86. The van der Waals surface area contributed by atoms with E-state index in [-0.39, 0.29) is 5.78 Å².